The third-order valence-electron chi connectivity index (χ3n) is 5.54. The van der Waals surface area contributed by atoms with Gasteiger partial charge < -0.3 is 24.7 Å². The number of pyridine rings is 1. The largest absolute Gasteiger partial charge is 0.453 e. The van der Waals surface area contributed by atoms with Crippen LogP contribution in [0.4, 0.5) is 21.0 Å². The van der Waals surface area contributed by atoms with Crippen LogP contribution in [-0.4, -0.2) is 35.4 Å². The average molecular weight is 525 g/mol. The molecule has 0 saturated heterocycles. The van der Waals surface area contributed by atoms with Gasteiger partial charge in [-0.05, 0) is 51.0 Å². The highest BCUT2D eigenvalue weighted by Gasteiger charge is 2.23. The van der Waals surface area contributed by atoms with Crippen LogP contribution in [0, 0.1) is 5.92 Å². The lowest BCUT2D eigenvalue weighted by Gasteiger charge is -2.25. The predicted octanol–water partition coefficient (Wildman–Crippen LogP) is 5.13. The lowest BCUT2D eigenvalue weighted by atomic mass is 9.99. The number of rotatable bonds is 9. The van der Waals surface area contributed by atoms with E-state index in [9.17, 15) is 19.2 Å². The van der Waals surface area contributed by atoms with Crippen LogP contribution in [0.2, 0.25) is 0 Å². The minimum absolute atomic E-state index is 0.323. The standard InChI is InChI=1S/C28H36N4O6/c1-9-11-21(31-27(36)38-28(4,5)6)23-14-18(15-24(33)32(23)7)20-13-12-19(29-26(35)37-8)16-22(20)30-25(34)17(3)10-2/h9-10,12-17,21H,1-2,11H2,3-8H3,(H,29,35)(H,30,34)(H,31,36)/t17?,21-/m0/s1. The van der Waals surface area contributed by atoms with Crippen LogP contribution in [0.3, 0.4) is 0 Å². The van der Waals surface area contributed by atoms with E-state index < -0.39 is 29.7 Å². The third-order valence-corrected chi connectivity index (χ3v) is 5.54. The van der Waals surface area contributed by atoms with Crippen LogP contribution in [0.15, 0.2) is 60.4 Å². The Hall–Kier alpha value is -4.34. The van der Waals surface area contributed by atoms with Gasteiger partial charge in [0.25, 0.3) is 5.56 Å². The van der Waals surface area contributed by atoms with Gasteiger partial charge in [0.05, 0.1) is 24.8 Å². The summed E-state index contributed by atoms with van der Waals surface area (Å²) in [7, 11) is 2.84. The number of alkyl carbamates (subject to hydrolysis) is 1. The Morgan fingerprint density at radius 3 is 2.34 bits per heavy atom. The highest BCUT2D eigenvalue weighted by molar-refractivity contribution is 5.99. The summed E-state index contributed by atoms with van der Waals surface area (Å²) in [4.78, 5) is 50.0. The zero-order chi connectivity index (χ0) is 28.6. The molecule has 10 heteroatoms. The molecule has 3 amide bonds. The Bertz CT molecular complexity index is 1280. The number of carbonyl (C=O) groups is 3. The van der Waals surface area contributed by atoms with Crippen molar-refractivity contribution in [3.8, 4) is 11.1 Å². The molecule has 2 aromatic rings. The number of methoxy groups -OCH3 is 1. The number of aromatic nitrogens is 1. The van der Waals surface area contributed by atoms with E-state index in [0.29, 0.717) is 34.6 Å². The first-order valence-corrected chi connectivity index (χ1v) is 12.0. The van der Waals surface area contributed by atoms with Crippen molar-refractivity contribution in [2.75, 3.05) is 17.7 Å². The maximum Gasteiger partial charge on any atom is 0.411 e. The molecule has 1 unspecified atom stereocenters. The van der Waals surface area contributed by atoms with Gasteiger partial charge in [-0.25, -0.2) is 9.59 Å². The average Bonchev–Trinajstić information content (AvgIpc) is 2.83. The Kier molecular flexibility index (Phi) is 10.0. The van der Waals surface area contributed by atoms with Gasteiger partial charge in [0.2, 0.25) is 5.91 Å². The summed E-state index contributed by atoms with van der Waals surface area (Å²) in [6.07, 6.45) is 2.16. The number of carbonyl (C=O) groups excluding carboxylic acids is 3. The topological polar surface area (TPSA) is 128 Å². The summed E-state index contributed by atoms with van der Waals surface area (Å²) in [6, 6.07) is 7.42. The van der Waals surface area contributed by atoms with Gasteiger partial charge in [-0.1, -0.05) is 25.1 Å². The molecule has 0 fully saturated rings. The molecule has 1 heterocycles. The molecule has 0 saturated carbocycles. The monoisotopic (exact) mass is 524 g/mol. The van der Waals surface area contributed by atoms with Gasteiger partial charge in [0.1, 0.15) is 5.60 Å². The van der Waals surface area contributed by atoms with Crippen LogP contribution >= 0.6 is 0 Å². The first-order chi connectivity index (χ1) is 17.8. The highest BCUT2D eigenvalue weighted by atomic mass is 16.6. The first kappa shape index (κ1) is 29.9. The summed E-state index contributed by atoms with van der Waals surface area (Å²) >= 11 is 0. The fraction of sp³-hybridized carbons (Fsp3) is 0.357. The van der Waals surface area contributed by atoms with Gasteiger partial charge in [-0.15, -0.1) is 13.2 Å². The second-order valence-corrected chi connectivity index (χ2v) is 9.68. The van der Waals surface area contributed by atoms with Crippen molar-refractivity contribution in [2.45, 2.75) is 45.8 Å². The molecule has 204 valence electrons. The zero-order valence-corrected chi connectivity index (χ0v) is 22.7. The number of hydrogen-bond acceptors (Lipinski definition) is 6. The SMILES string of the molecule is C=CC[C@H](NC(=O)OC(C)(C)C)c1cc(-c2ccc(NC(=O)OC)cc2NC(=O)C(C)C=C)cc(=O)n1C. The predicted molar refractivity (Wildman–Crippen MR) is 148 cm³/mol. The van der Waals surface area contributed by atoms with Crippen molar-refractivity contribution >= 4 is 29.5 Å². The van der Waals surface area contributed by atoms with Crippen molar-refractivity contribution < 1.29 is 23.9 Å². The fourth-order valence-corrected chi connectivity index (χ4v) is 3.51. The molecular weight excluding hydrogens is 488 g/mol. The lowest BCUT2D eigenvalue weighted by molar-refractivity contribution is -0.118. The molecular formula is C28H36N4O6. The Balaban J connectivity index is 2.62. The number of anilines is 2. The number of amides is 3. The zero-order valence-electron chi connectivity index (χ0n) is 22.7. The van der Waals surface area contributed by atoms with Crippen molar-refractivity contribution in [2.24, 2.45) is 13.0 Å². The van der Waals surface area contributed by atoms with Gasteiger partial charge >= 0.3 is 12.2 Å². The molecule has 38 heavy (non-hydrogen) atoms. The summed E-state index contributed by atoms with van der Waals surface area (Å²) in [5, 5.41) is 8.21. The van der Waals surface area contributed by atoms with E-state index in [4.69, 9.17) is 4.74 Å². The summed E-state index contributed by atoms with van der Waals surface area (Å²) < 4.78 is 11.5. The van der Waals surface area contributed by atoms with Crippen LogP contribution in [-0.2, 0) is 21.3 Å². The van der Waals surface area contributed by atoms with Crippen LogP contribution < -0.4 is 21.5 Å². The summed E-state index contributed by atoms with van der Waals surface area (Å²) in [5.74, 6) is -0.814. The van der Waals surface area contributed by atoms with Crippen molar-refractivity contribution in [1.82, 2.24) is 9.88 Å². The van der Waals surface area contributed by atoms with Gasteiger partial charge in [0.15, 0.2) is 0 Å². The molecule has 2 atom stereocenters. The second-order valence-electron chi connectivity index (χ2n) is 9.68. The summed E-state index contributed by atoms with van der Waals surface area (Å²) in [6.45, 7) is 14.4. The molecule has 2 rings (SSSR count). The lowest BCUT2D eigenvalue weighted by Crippen LogP contribution is -2.37. The van der Waals surface area contributed by atoms with Crippen molar-refractivity contribution in [3.63, 3.8) is 0 Å². The molecule has 0 aliphatic heterocycles. The van der Waals surface area contributed by atoms with Gasteiger partial charge in [-0.2, -0.15) is 0 Å². The smallest absolute Gasteiger partial charge is 0.411 e. The minimum Gasteiger partial charge on any atom is -0.453 e. The number of ether oxygens (including phenoxy) is 2. The van der Waals surface area contributed by atoms with Crippen LogP contribution in [0.5, 0.6) is 0 Å². The van der Waals surface area contributed by atoms with E-state index in [1.165, 1.54) is 23.8 Å². The molecule has 0 radical (unpaired) electrons. The quantitative estimate of drug-likeness (QED) is 0.390. The first-order valence-electron chi connectivity index (χ1n) is 12.0. The summed E-state index contributed by atoms with van der Waals surface area (Å²) in [5.41, 5.74) is 1.23. The maximum atomic E-state index is 13.0. The van der Waals surface area contributed by atoms with Gasteiger partial charge in [-0.3, -0.25) is 14.9 Å². The molecule has 3 N–H and O–H groups in total. The molecule has 1 aromatic heterocycles. The Morgan fingerprint density at radius 2 is 1.76 bits per heavy atom. The second kappa shape index (κ2) is 12.8. The molecule has 1 aromatic carbocycles. The number of nitrogens with one attached hydrogen (secondary N) is 3. The maximum absolute atomic E-state index is 13.0. The van der Waals surface area contributed by atoms with E-state index in [2.05, 4.69) is 33.8 Å². The van der Waals surface area contributed by atoms with E-state index in [1.807, 2.05) is 0 Å². The Labute approximate surface area is 222 Å². The van der Waals surface area contributed by atoms with E-state index in [-0.39, 0.29) is 11.5 Å². The number of benzene rings is 1. The van der Waals surface area contributed by atoms with Crippen LogP contribution in [0.1, 0.15) is 45.9 Å². The van der Waals surface area contributed by atoms with E-state index in [1.54, 1.807) is 65.1 Å². The Morgan fingerprint density at radius 1 is 1.08 bits per heavy atom. The number of hydrogen-bond donors (Lipinski definition) is 3. The molecule has 0 spiro atoms. The van der Waals surface area contributed by atoms with Gasteiger partial charge in [0, 0.05) is 30.1 Å². The van der Waals surface area contributed by atoms with Crippen molar-refractivity contribution in [1.29, 1.82) is 0 Å². The van der Waals surface area contributed by atoms with Crippen molar-refractivity contribution in [3.05, 3.63) is 71.7 Å². The molecule has 0 bridgehead atoms. The highest BCUT2D eigenvalue weighted by Crippen LogP contribution is 2.32. The molecule has 0 aliphatic rings. The fourth-order valence-electron chi connectivity index (χ4n) is 3.51. The van der Waals surface area contributed by atoms with E-state index in [0.717, 1.165) is 0 Å². The minimum atomic E-state index is -0.702. The molecule has 0 aliphatic carbocycles. The molecule has 10 nitrogen and oxygen atoms in total. The van der Waals surface area contributed by atoms with E-state index >= 15 is 0 Å². The normalized spacial score (nSPS) is 12.5. The third kappa shape index (κ3) is 8.09. The van der Waals surface area contributed by atoms with Crippen LogP contribution in [0.25, 0.3) is 11.1 Å². The number of nitrogens with zero attached hydrogens (tertiary/aromatic N) is 1.